The van der Waals surface area contributed by atoms with E-state index in [1.807, 2.05) is 6.07 Å². The number of rotatable bonds is 3. The zero-order chi connectivity index (χ0) is 15.7. The molecule has 1 fully saturated rings. The lowest BCUT2D eigenvalue weighted by atomic mass is 10.1. The number of allylic oxidation sites excluding steroid dienone is 1. The Morgan fingerprint density at radius 3 is 2.91 bits per heavy atom. The molecule has 114 valence electrons. The third kappa shape index (κ3) is 2.59. The number of fused-ring (bicyclic) bond motifs is 2. The molecule has 0 bridgehead atoms. The van der Waals surface area contributed by atoms with Crippen molar-refractivity contribution in [1.82, 2.24) is 4.90 Å². The highest BCUT2D eigenvalue weighted by Crippen LogP contribution is 2.32. The van der Waals surface area contributed by atoms with Gasteiger partial charge in [0.1, 0.15) is 6.42 Å². The Morgan fingerprint density at radius 2 is 2.14 bits per heavy atom. The maximum absolute atomic E-state index is 12.6. The Morgan fingerprint density at radius 1 is 1.36 bits per heavy atom. The van der Waals surface area contributed by atoms with E-state index in [0.29, 0.717) is 23.5 Å². The maximum atomic E-state index is 12.6. The van der Waals surface area contributed by atoms with Crippen molar-refractivity contribution in [1.29, 1.82) is 0 Å². The molecule has 1 unspecified atom stereocenters. The van der Waals surface area contributed by atoms with Crippen molar-refractivity contribution >= 4 is 23.3 Å². The number of nitrogens with zero attached hydrogens (tertiary/aromatic N) is 1. The summed E-state index contributed by atoms with van der Waals surface area (Å²) in [5.41, 5.74) is 1.82. The van der Waals surface area contributed by atoms with Crippen LogP contribution in [-0.4, -0.2) is 40.3 Å². The van der Waals surface area contributed by atoms with E-state index in [9.17, 15) is 14.4 Å². The summed E-state index contributed by atoms with van der Waals surface area (Å²) in [5.74, 6) is -1.69. The Hall–Kier alpha value is -2.63. The third-order valence-corrected chi connectivity index (χ3v) is 3.95. The molecular weight excluding hydrogens is 284 g/mol. The third-order valence-electron chi connectivity index (χ3n) is 3.95. The predicted molar refractivity (Wildman–Crippen MR) is 79.5 cm³/mol. The number of benzene rings is 1. The summed E-state index contributed by atoms with van der Waals surface area (Å²) >= 11 is 0. The van der Waals surface area contributed by atoms with Crippen LogP contribution in [0.5, 0.6) is 0 Å². The first-order valence-electron chi connectivity index (χ1n) is 7.19. The minimum absolute atomic E-state index is 0.0558. The van der Waals surface area contributed by atoms with Crippen molar-refractivity contribution in [3.8, 4) is 0 Å². The number of aliphatic carboxylic acids is 1. The summed E-state index contributed by atoms with van der Waals surface area (Å²) < 4.78 is 0. The molecule has 2 aliphatic rings. The fourth-order valence-electron chi connectivity index (χ4n) is 3.01. The van der Waals surface area contributed by atoms with E-state index >= 15 is 0 Å². The van der Waals surface area contributed by atoms with Gasteiger partial charge >= 0.3 is 5.97 Å². The molecule has 0 aromatic heterocycles. The lowest BCUT2D eigenvalue weighted by Crippen LogP contribution is -2.36. The molecule has 6 heteroatoms. The van der Waals surface area contributed by atoms with E-state index < -0.39 is 18.2 Å². The number of hydrogen-bond acceptors (Lipinski definition) is 4. The number of carboxylic acids is 1. The van der Waals surface area contributed by atoms with Crippen LogP contribution < -0.4 is 5.32 Å². The number of hydrogen-bond donors (Lipinski definition) is 2. The molecule has 22 heavy (non-hydrogen) atoms. The number of ketones is 1. The van der Waals surface area contributed by atoms with Gasteiger partial charge < -0.3 is 15.3 Å². The fourth-order valence-corrected chi connectivity index (χ4v) is 3.01. The van der Waals surface area contributed by atoms with Crippen LogP contribution in [0.15, 0.2) is 36.0 Å². The van der Waals surface area contributed by atoms with Gasteiger partial charge in [0, 0.05) is 18.3 Å². The topological polar surface area (TPSA) is 86.7 Å². The predicted octanol–water partition coefficient (Wildman–Crippen LogP) is 1.64. The SMILES string of the molecule is O=C(O)CC(=O)/C=C1\Nc2ccccc2C(=O)N2CCCC12. The minimum Gasteiger partial charge on any atom is -0.481 e. The molecule has 1 aromatic carbocycles. The molecule has 6 nitrogen and oxygen atoms in total. The summed E-state index contributed by atoms with van der Waals surface area (Å²) in [7, 11) is 0. The highest BCUT2D eigenvalue weighted by molar-refractivity contribution is 6.04. The van der Waals surface area contributed by atoms with Gasteiger partial charge in [-0.15, -0.1) is 0 Å². The van der Waals surface area contributed by atoms with Gasteiger partial charge in [-0.25, -0.2) is 0 Å². The van der Waals surface area contributed by atoms with Gasteiger partial charge in [0.15, 0.2) is 5.78 Å². The zero-order valence-electron chi connectivity index (χ0n) is 11.9. The Balaban J connectivity index is 2.00. The lowest BCUT2D eigenvalue weighted by molar-refractivity contribution is -0.139. The summed E-state index contributed by atoms with van der Waals surface area (Å²) in [6.07, 6.45) is 2.41. The molecule has 1 amide bonds. The fraction of sp³-hybridized carbons (Fsp3) is 0.312. The quantitative estimate of drug-likeness (QED) is 0.654. The van der Waals surface area contributed by atoms with Crippen LogP contribution in [0.3, 0.4) is 0 Å². The molecule has 1 atom stereocenters. The molecule has 2 heterocycles. The second-order valence-electron chi connectivity index (χ2n) is 5.46. The van der Waals surface area contributed by atoms with E-state index in [1.165, 1.54) is 6.08 Å². The molecule has 0 aliphatic carbocycles. The van der Waals surface area contributed by atoms with Crippen molar-refractivity contribution in [3.63, 3.8) is 0 Å². The normalized spacial score (nSPS) is 21.8. The number of carboxylic acid groups (broad SMARTS) is 1. The first kappa shape index (κ1) is 14.3. The summed E-state index contributed by atoms with van der Waals surface area (Å²) in [5, 5.41) is 11.9. The van der Waals surface area contributed by atoms with Crippen LogP contribution in [0.1, 0.15) is 29.6 Å². The van der Waals surface area contributed by atoms with Crippen molar-refractivity contribution in [2.75, 3.05) is 11.9 Å². The minimum atomic E-state index is -1.16. The maximum Gasteiger partial charge on any atom is 0.311 e. The van der Waals surface area contributed by atoms with Crippen molar-refractivity contribution in [2.24, 2.45) is 0 Å². The molecule has 0 saturated carbocycles. The summed E-state index contributed by atoms with van der Waals surface area (Å²) in [6.45, 7) is 0.643. The molecule has 1 aromatic rings. The summed E-state index contributed by atoms with van der Waals surface area (Å²) in [6, 6.07) is 6.95. The van der Waals surface area contributed by atoms with Gasteiger partial charge in [0.2, 0.25) is 0 Å². The van der Waals surface area contributed by atoms with Crippen LogP contribution in [0.25, 0.3) is 0 Å². The van der Waals surface area contributed by atoms with Crippen LogP contribution in [0.2, 0.25) is 0 Å². The Kier molecular flexibility index (Phi) is 3.66. The standard InChI is InChI=1S/C16H16N2O4/c19-10(9-15(20)21)8-13-14-6-3-7-18(14)16(22)11-4-1-2-5-12(11)17-13/h1-2,4-5,8,14,17H,3,6-7,9H2,(H,20,21)/b13-8-. The number of para-hydroxylation sites is 1. The average Bonchev–Trinajstić information content (AvgIpc) is 2.91. The largest absolute Gasteiger partial charge is 0.481 e. The van der Waals surface area contributed by atoms with Gasteiger partial charge in [-0.1, -0.05) is 12.1 Å². The van der Waals surface area contributed by atoms with Gasteiger partial charge in [0.05, 0.1) is 17.3 Å². The molecule has 1 saturated heterocycles. The molecule has 2 N–H and O–H groups in total. The number of anilines is 1. The van der Waals surface area contributed by atoms with E-state index in [-0.39, 0.29) is 11.9 Å². The van der Waals surface area contributed by atoms with Crippen LogP contribution in [0, 0.1) is 0 Å². The van der Waals surface area contributed by atoms with Gasteiger partial charge in [0.25, 0.3) is 5.91 Å². The molecule has 0 spiro atoms. The summed E-state index contributed by atoms with van der Waals surface area (Å²) in [4.78, 5) is 36.8. The van der Waals surface area contributed by atoms with Crippen molar-refractivity contribution in [3.05, 3.63) is 41.6 Å². The molecule has 0 radical (unpaired) electrons. The Labute approximate surface area is 127 Å². The van der Waals surface area contributed by atoms with E-state index in [1.54, 1.807) is 23.1 Å². The van der Waals surface area contributed by atoms with Crippen molar-refractivity contribution < 1.29 is 19.5 Å². The second-order valence-corrected chi connectivity index (χ2v) is 5.46. The number of nitrogens with one attached hydrogen (secondary N) is 1. The second kappa shape index (κ2) is 5.63. The number of amides is 1. The number of carbonyl (C=O) groups is 3. The first-order valence-corrected chi connectivity index (χ1v) is 7.19. The molecular formula is C16H16N2O4. The van der Waals surface area contributed by atoms with Crippen molar-refractivity contribution in [2.45, 2.75) is 25.3 Å². The van der Waals surface area contributed by atoms with Crippen LogP contribution in [0.4, 0.5) is 5.69 Å². The lowest BCUT2D eigenvalue weighted by Gasteiger charge is -2.23. The van der Waals surface area contributed by atoms with E-state index in [0.717, 1.165) is 12.8 Å². The monoisotopic (exact) mass is 300 g/mol. The van der Waals surface area contributed by atoms with Gasteiger partial charge in [-0.2, -0.15) is 0 Å². The first-order chi connectivity index (χ1) is 10.6. The molecule has 3 rings (SSSR count). The zero-order valence-corrected chi connectivity index (χ0v) is 11.9. The average molecular weight is 300 g/mol. The van der Waals surface area contributed by atoms with Crippen LogP contribution >= 0.6 is 0 Å². The van der Waals surface area contributed by atoms with Gasteiger partial charge in [-0.05, 0) is 25.0 Å². The van der Waals surface area contributed by atoms with Crippen LogP contribution in [-0.2, 0) is 9.59 Å². The van der Waals surface area contributed by atoms with E-state index in [4.69, 9.17) is 5.11 Å². The van der Waals surface area contributed by atoms with E-state index in [2.05, 4.69) is 5.32 Å². The highest BCUT2D eigenvalue weighted by Gasteiger charge is 2.36. The smallest absolute Gasteiger partial charge is 0.311 e. The Bertz CT molecular complexity index is 680. The van der Waals surface area contributed by atoms with Gasteiger partial charge in [-0.3, -0.25) is 14.4 Å². The molecule has 2 aliphatic heterocycles. The number of carbonyl (C=O) groups excluding carboxylic acids is 2. The highest BCUT2D eigenvalue weighted by atomic mass is 16.4.